The van der Waals surface area contributed by atoms with E-state index in [4.69, 9.17) is 9.47 Å². The average molecular weight is 677 g/mol. The molecule has 276 valence electrons. The van der Waals surface area contributed by atoms with Crippen LogP contribution < -0.4 is 0 Å². The lowest BCUT2D eigenvalue weighted by Crippen LogP contribution is -2.12. The molecule has 0 radical (unpaired) electrons. The van der Waals surface area contributed by atoms with Gasteiger partial charge < -0.3 is 19.7 Å². The number of rotatable bonds is 32. The lowest BCUT2D eigenvalue weighted by atomic mass is 10.1. The maximum absolute atomic E-state index is 11.9. The molecule has 0 spiro atoms. The third kappa shape index (κ3) is 33.3. The number of hydrogen-bond acceptors (Lipinski definition) is 8. The molecular formula is C40H68O8. The number of unbranched alkanes of at least 4 members (excludes halogenated alkanes) is 16. The van der Waals surface area contributed by atoms with Crippen molar-refractivity contribution >= 4 is 23.9 Å². The fraction of sp³-hybridized carbons (Fsp3) is 0.750. The number of ether oxygens (including phenoxy) is 2. The number of carbonyl (C=O) groups excluding carboxylic acids is 4. The van der Waals surface area contributed by atoms with Crippen LogP contribution in [-0.2, 0) is 28.7 Å². The first-order chi connectivity index (χ1) is 23.3. The van der Waals surface area contributed by atoms with Crippen LogP contribution in [0.4, 0.5) is 0 Å². The van der Waals surface area contributed by atoms with Gasteiger partial charge in [0.2, 0.25) is 0 Å². The topological polar surface area (TPSA) is 127 Å². The summed E-state index contributed by atoms with van der Waals surface area (Å²) in [7, 11) is 0. The summed E-state index contributed by atoms with van der Waals surface area (Å²) in [6.45, 7) is 4.37. The van der Waals surface area contributed by atoms with Crippen LogP contribution in [0.2, 0.25) is 0 Å². The summed E-state index contributed by atoms with van der Waals surface area (Å²) in [5.41, 5.74) is 0. The van der Waals surface area contributed by atoms with Gasteiger partial charge >= 0.3 is 23.9 Å². The predicted molar refractivity (Wildman–Crippen MR) is 193 cm³/mol. The highest BCUT2D eigenvalue weighted by molar-refractivity contribution is 5.98. The van der Waals surface area contributed by atoms with Gasteiger partial charge in [0.25, 0.3) is 0 Å². The zero-order valence-electron chi connectivity index (χ0n) is 30.3. The highest BCUT2D eigenvalue weighted by Crippen LogP contribution is 2.13. The average Bonchev–Trinajstić information content (AvgIpc) is 3.05. The van der Waals surface area contributed by atoms with Crippen molar-refractivity contribution in [1.82, 2.24) is 0 Å². The summed E-state index contributed by atoms with van der Waals surface area (Å²) in [5.74, 6) is -3.21. The van der Waals surface area contributed by atoms with Gasteiger partial charge in [0.05, 0.1) is 12.2 Å². The lowest BCUT2D eigenvalue weighted by Gasteiger charge is -2.07. The van der Waals surface area contributed by atoms with Crippen molar-refractivity contribution in [2.45, 2.75) is 193 Å². The van der Waals surface area contributed by atoms with Gasteiger partial charge in [-0.25, -0.2) is 9.59 Å². The predicted octanol–water partition coefficient (Wildman–Crippen LogP) is 9.70. The van der Waals surface area contributed by atoms with Crippen molar-refractivity contribution in [3.05, 3.63) is 36.5 Å². The van der Waals surface area contributed by atoms with E-state index in [1.54, 1.807) is 0 Å². The van der Waals surface area contributed by atoms with E-state index >= 15 is 0 Å². The molecule has 0 saturated carbocycles. The molecule has 0 fully saturated rings. The maximum Gasteiger partial charge on any atom is 0.338 e. The molecule has 2 N–H and O–H groups in total. The Kier molecular flexibility index (Phi) is 32.4. The molecule has 0 rings (SSSR count). The number of allylic oxidation sites excluding steroid dienone is 2. The minimum absolute atomic E-state index is 0.124. The van der Waals surface area contributed by atoms with Crippen LogP contribution in [0.1, 0.15) is 181 Å². The van der Waals surface area contributed by atoms with Crippen molar-refractivity contribution in [3.63, 3.8) is 0 Å². The van der Waals surface area contributed by atoms with Crippen LogP contribution in [0.5, 0.6) is 0 Å². The number of aliphatic hydroxyl groups is 2. The quantitative estimate of drug-likeness (QED) is 0.0237. The van der Waals surface area contributed by atoms with E-state index in [0.29, 0.717) is 12.8 Å². The monoisotopic (exact) mass is 676 g/mol. The molecule has 8 heteroatoms. The van der Waals surface area contributed by atoms with Gasteiger partial charge in [-0.1, -0.05) is 128 Å². The first-order valence-electron chi connectivity index (χ1n) is 19.1. The SMILES string of the molecule is CCCCCC[C@@H](O)C/C=C\CCCCCCCC(=O)OC(=O)/C=C\C(=O)OC(=O)CCCCCCC/C=C\C[C@H](O)CCCCCC. The Morgan fingerprint density at radius 3 is 1.23 bits per heavy atom. The number of aliphatic hydroxyl groups excluding tert-OH is 2. The van der Waals surface area contributed by atoms with Crippen LogP contribution in [0.25, 0.3) is 0 Å². The molecular weight excluding hydrogens is 608 g/mol. The molecule has 0 unspecified atom stereocenters. The molecule has 0 aromatic carbocycles. The second-order valence-corrected chi connectivity index (χ2v) is 13.0. The van der Waals surface area contributed by atoms with Crippen molar-refractivity contribution in [2.24, 2.45) is 0 Å². The fourth-order valence-corrected chi connectivity index (χ4v) is 5.25. The van der Waals surface area contributed by atoms with Crippen LogP contribution in [0, 0.1) is 0 Å². The first kappa shape index (κ1) is 45.4. The molecule has 0 aromatic rings. The Morgan fingerprint density at radius 2 is 0.833 bits per heavy atom. The normalized spacial score (nSPS) is 13.0. The second-order valence-electron chi connectivity index (χ2n) is 13.0. The van der Waals surface area contributed by atoms with Crippen LogP contribution in [0.15, 0.2) is 36.5 Å². The molecule has 2 atom stereocenters. The molecule has 0 aliphatic carbocycles. The zero-order valence-corrected chi connectivity index (χ0v) is 30.3. The largest absolute Gasteiger partial charge is 0.393 e. The summed E-state index contributed by atoms with van der Waals surface area (Å²) in [6, 6.07) is 0. The molecule has 0 aliphatic heterocycles. The van der Waals surface area contributed by atoms with Gasteiger partial charge in [-0.15, -0.1) is 0 Å². The number of esters is 4. The molecule has 0 aromatic heterocycles. The zero-order chi connectivity index (χ0) is 35.5. The summed E-state index contributed by atoms with van der Waals surface area (Å²) < 4.78 is 9.39. The smallest absolute Gasteiger partial charge is 0.338 e. The maximum atomic E-state index is 11.9. The highest BCUT2D eigenvalue weighted by atomic mass is 16.6. The third-order valence-corrected chi connectivity index (χ3v) is 8.22. The van der Waals surface area contributed by atoms with E-state index in [2.05, 4.69) is 38.2 Å². The molecule has 0 bridgehead atoms. The molecule has 48 heavy (non-hydrogen) atoms. The second kappa shape index (κ2) is 34.3. The van der Waals surface area contributed by atoms with Gasteiger partial charge in [-0.3, -0.25) is 9.59 Å². The van der Waals surface area contributed by atoms with Crippen molar-refractivity contribution < 1.29 is 38.9 Å². The van der Waals surface area contributed by atoms with Gasteiger partial charge in [0.15, 0.2) is 0 Å². The van der Waals surface area contributed by atoms with Crippen molar-refractivity contribution in [2.75, 3.05) is 0 Å². The molecule has 0 saturated heterocycles. The molecule has 0 amide bonds. The summed E-state index contributed by atoms with van der Waals surface area (Å²) in [6.07, 6.45) is 33.5. The standard InChI is InChI=1S/C40H68O8/c1-3-5-7-21-27-35(41)29-23-17-13-9-11-15-19-25-31-37(43)47-39(45)33-34-40(46)48-38(44)32-26-20-16-12-10-14-18-24-30-36(42)28-22-8-6-4-2/h17-18,23-24,33-36,41-42H,3-16,19-22,25-32H2,1-2H3/b23-17-,24-18-,34-33-/t35-,36-/m1/s1. The summed E-state index contributed by atoms with van der Waals surface area (Å²) in [5, 5.41) is 20.0. The van der Waals surface area contributed by atoms with Crippen molar-refractivity contribution in [3.8, 4) is 0 Å². The van der Waals surface area contributed by atoms with Gasteiger partial charge in [0, 0.05) is 25.0 Å². The Labute approximate surface area is 291 Å². The first-order valence-corrected chi connectivity index (χ1v) is 19.1. The minimum Gasteiger partial charge on any atom is -0.393 e. The Balaban J connectivity index is 3.73. The van der Waals surface area contributed by atoms with E-state index in [0.717, 1.165) is 115 Å². The van der Waals surface area contributed by atoms with Crippen LogP contribution in [-0.4, -0.2) is 46.3 Å². The van der Waals surface area contributed by atoms with E-state index < -0.39 is 23.9 Å². The summed E-state index contributed by atoms with van der Waals surface area (Å²) in [4.78, 5) is 47.4. The lowest BCUT2D eigenvalue weighted by molar-refractivity contribution is -0.159. The van der Waals surface area contributed by atoms with Crippen molar-refractivity contribution in [1.29, 1.82) is 0 Å². The molecule has 0 aliphatic rings. The minimum atomic E-state index is -0.962. The van der Waals surface area contributed by atoms with Crippen LogP contribution >= 0.6 is 0 Å². The van der Waals surface area contributed by atoms with E-state index in [-0.39, 0.29) is 25.0 Å². The molecule has 8 nitrogen and oxygen atoms in total. The van der Waals surface area contributed by atoms with E-state index in [1.807, 2.05) is 0 Å². The van der Waals surface area contributed by atoms with Crippen LogP contribution in [0.3, 0.4) is 0 Å². The highest BCUT2D eigenvalue weighted by Gasteiger charge is 2.11. The Morgan fingerprint density at radius 1 is 0.479 bits per heavy atom. The summed E-state index contributed by atoms with van der Waals surface area (Å²) >= 11 is 0. The Bertz CT molecular complexity index is 835. The van der Waals surface area contributed by atoms with Gasteiger partial charge in [-0.05, 0) is 64.2 Å². The van der Waals surface area contributed by atoms with E-state index in [1.165, 1.54) is 38.5 Å². The number of carbonyl (C=O) groups is 4. The molecule has 0 heterocycles. The number of hydrogen-bond donors (Lipinski definition) is 2. The van der Waals surface area contributed by atoms with Gasteiger partial charge in [-0.2, -0.15) is 0 Å². The van der Waals surface area contributed by atoms with Gasteiger partial charge in [0.1, 0.15) is 0 Å². The fourth-order valence-electron chi connectivity index (χ4n) is 5.25. The third-order valence-electron chi connectivity index (χ3n) is 8.22. The Hall–Kier alpha value is -2.58. The van der Waals surface area contributed by atoms with E-state index in [9.17, 15) is 29.4 Å².